The van der Waals surface area contributed by atoms with Crippen LogP contribution >= 0.6 is 0 Å². The number of rotatable bonds is 3. The highest BCUT2D eigenvalue weighted by atomic mass is 16.2. The van der Waals surface area contributed by atoms with Gasteiger partial charge in [-0.25, -0.2) is 5.10 Å². The number of nitrogens with two attached hydrogens (primary N) is 1. The monoisotopic (exact) mass is 250 g/mol. The van der Waals surface area contributed by atoms with E-state index in [1.165, 1.54) is 12.1 Å². The van der Waals surface area contributed by atoms with Gasteiger partial charge in [-0.15, -0.1) is 0 Å². The molecule has 0 aromatic carbocycles. The number of aromatic nitrogens is 2. The first-order valence-corrected chi connectivity index (χ1v) is 6.24. The summed E-state index contributed by atoms with van der Waals surface area (Å²) < 4.78 is 0. The van der Waals surface area contributed by atoms with Crippen molar-refractivity contribution in [2.24, 2.45) is 11.7 Å². The molecule has 0 radical (unpaired) electrons. The van der Waals surface area contributed by atoms with Crippen molar-refractivity contribution in [2.75, 3.05) is 6.54 Å². The second-order valence-electron chi connectivity index (χ2n) is 4.81. The van der Waals surface area contributed by atoms with Gasteiger partial charge in [-0.1, -0.05) is 6.42 Å². The topological polar surface area (TPSA) is 101 Å². The molecule has 0 bridgehead atoms. The summed E-state index contributed by atoms with van der Waals surface area (Å²) in [6.45, 7) is 0.618. The van der Waals surface area contributed by atoms with Crippen LogP contribution in [0.5, 0.6) is 0 Å². The molecule has 2 atom stereocenters. The van der Waals surface area contributed by atoms with E-state index in [-0.39, 0.29) is 23.2 Å². The molecule has 4 N–H and O–H groups in total. The quantitative estimate of drug-likeness (QED) is 0.703. The molecule has 1 saturated carbocycles. The first kappa shape index (κ1) is 12.8. The highest BCUT2D eigenvalue weighted by Crippen LogP contribution is 2.22. The third kappa shape index (κ3) is 3.40. The summed E-state index contributed by atoms with van der Waals surface area (Å²) in [6.07, 6.45) is 4.26. The standard InChI is InChI=1S/C12H18N4O2/c13-9-3-1-2-8(6-9)7-14-12(18)10-4-5-11(17)16-15-10/h4-5,8-9H,1-3,6-7,13H2,(H,14,18)(H,16,17). The summed E-state index contributed by atoms with van der Waals surface area (Å²) in [6, 6.07) is 2.96. The lowest BCUT2D eigenvalue weighted by atomic mass is 9.86. The normalized spacial score (nSPS) is 23.6. The Bertz CT molecular complexity index is 451. The van der Waals surface area contributed by atoms with E-state index >= 15 is 0 Å². The third-order valence-electron chi connectivity index (χ3n) is 3.29. The number of hydrogen-bond donors (Lipinski definition) is 3. The van der Waals surface area contributed by atoms with Crippen molar-refractivity contribution < 1.29 is 4.79 Å². The number of amides is 1. The van der Waals surface area contributed by atoms with Gasteiger partial charge in [0.15, 0.2) is 0 Å². The number of hydrogen-bond acceptors (Lipinski definition) is 4. The Balaban J connectivity index is 1.84. The molecule has 0 saturated heterocycles. The van der Waals surface area contributed by atoms with Gasteiger partial charge < -0.3 is 11.1 Å². The molecule has 6 nitrogen and oxygen atoms in total. The Hall–Kier alpha value is -1.69. The van der Waals surface area contributed by atoms with Crippen LogP contribution in [0.15, 0.2) is 16.9 Å². The zero-order valence-corrected chi connectivity index (χ0v) is 10.2. The lowest BCUT2D eigenvalue weighted by Gasteiger charge is -2.26. The van der Waals surface area contributed by atoms with Gasteiger partial charge in [-0.05, 0) is 31.2 Å². The summed E-state index contributed by atoms with van der Waals surface area (Å²) in [4.78, 5) is 22.6. The van der Waals surface area contributed by atoms with E-state index in [2.05, 4.69) is 15.5 Å². The molecule has 98 valence electrons. The zero-order chi connectivity index (χ0) is 13.0. The summed E-state index contributed by atoms with van der Waals surface area (Å²) >= 11 is 0. The van der Waals surface area contributed by atoms with Gasteiger partial charge >= 0.3 is 0 Å². The van der Waals surface area contributed by atoms with Crippen LogP contribution in [0, 0.1) is 5.92 Å². The van der Waals surface area contributed by atoms with Crippen molar-refractivity contribution in [2.45, 2.75) is 31.7 Å². The van der Waals surface area contributed by atoms with Gasteiger partial charge in [0.05, 0.1) is 0 Å². The molecule has 6 heteroatoms. The van der Waals surface area contributed by atoms with E-state index in [0.717, 1.165) is 25.7 Å². The van der Waals surface area contributed by atoms with Crippen molar-refractivity contribution in [1.82, 2.24) is 15.5 Å². The minimum absolute atomic E-state index is 0.231. The fourth-order valence-corrected chi connectivity index (χ4v) is 2.32. The third-order valence-corrected chi connectivity index (χ3v) is 3.29. The smallest absolute Gasteiger partial charge is 0.271 e. The average molecular weight is 250 g/mol. The molecule has 1 amide bonds. The minimum atomic E-state index is -0.315. The van der Waals surface area contributed by atoms with E-state index in [9.17, 15) is 9.59 Å². The minimum Gasteiger partial charge on any atom is -0.350 e. The lowest BCUT2D eigenvalue weighted by molar-refractivity contribution is 0.0936. The van der Waals surface area contributed by atoms with Gasteiger partial charge in [0.2, 0.25) is 0 Å². The summed E-state index contributed by atoms with van der Waals surface area (Å²) in [5, 5.41) is 8.75. The number of nitrogens with one attached hydrogen (secondary N) is 2. The first-order chi connectivity index (χ1) is 8.65. The highest BCUT2D eigenvalue weighted by Gasteiger charge is 2.20. The number of aromatic amines is 1. The molecular formula is C12H18N4O2. The number of H-pyrrole nitrogens is 1. The van der Waals surface area contributed by atoms with Crippen LogP contribution in [0.4, 0.5) is 0 Å². The molecule has 1 aromatic rings. The van der Waals surface area contributed by atoms with Crippen molar-refractivity contribution in [1.29, 1.82) is 0 Å². The number of nitrogens with zero attached hydrogens (tertiary/aromatic N) is 1. The van der Waals surface area contributed by atoms with Crippen LogP contribution in [-0.4, -0.2) is 28.7 Å². The summed E-state index contributed by atoms with van der Waals surface area (Å²) in [5.74, 6) is 0.186. The first-order valence-electron chi connectivity index (χ1n) is 6.24. The second kappa shape index (κ2) is 5.77. The van der Waals surface area contributed by atoms with Crippen LogP contribution in [-0.2, 0) is 0 Å². The largest absolute Gasteiger partial charge is 0.350 e. The van der Waals surface area contributed by atoms with Crippen LogP contribution in [0.25, 0.3) is 0 Å². The summed E-state index contributed by atoms with van der Waals surface area (Å²) in [7, 11) is 0. The maximum Gasteiger partial charge on any atom is 0.271 e. The molecule has 1 heterocycles. The van der Waals surface area contributed by atoms with Crippen molar-refractivity contribution in [3.63, 3.8) is 0 Å². The zero-order valence-electron chi connectivity index (χ0n) is 10.2. The predicted octanol–water partition coefficient (Wildman–Crippen LogP) is 0.0172. The van der Waals surface area contributed by atoms with Crippen LogP contribution < -0.4 is 16.6 Å². The number of carbonyl (C=O) groups excluding carboxylic acids is 1. The molecule has 1 fully saturated rings. The van der Waals surface area contributed by atoms with Crippen LogP contribution in [0.1, 0.15) is 36.2 Å². The molecular weight excluding hydrogens is 232 g/mol. The average Bonchev–Trinajstić information content (AvgIpc) is 2.37. The van der Waals surface area contributed by atoms with Gasteiger partial charge in [0.25, 0.3) is 11.5 Å². The van der Waals surface area contributed by atoms with Gasteiger partial charge in [-0.2, -0.15) is 5.10 Å². The van der Waals surface area contributed by atoms with E-state index in [1.807, 2.05) is 0 Å². The Labute approximate surface area is 105 Å². The van der Waals surface area contributed by atoms with Crippen LogP contribution in [0.2, 0.25) is 0 Å². The highest BCUT2D eigenvalue weighted by molar-refractivity contribution is 5.91. The van der Waals surface area contributed by atoms with Crippen molar-refractivity contribution in [3.05, 3.63) is 28.2 Å². The molecule has 2 unspecified atom stereocenters. The van der Waals surface area contributed by atoms with E-state index in [4.69, 9.17) is 5.73 Å². The van der Waals surface area contributed by atoms with Crippen molar-refractivity contribution in [3.8, 4) is 0 Å². The van der Waals surface area contributed by atoms with E-state index < -0.39 is 0 Å². The van der Waals surface area contributed by atoms with Gasteiger partial charge in [0, 0.05) is 18.7 Å². The molecule has 1 aliphatic carbocycles. The molecule has 0 spiro atoms. The lowest BCUT2D eigenvalue weighted by Crippen LogP contribution is -2.36. The Morgan fingerprint density at radius 2 is 2.33 bits per heavy atom. The van der Waals surface area contributed by atoms with Gasteiger partial charge in [0.1, 0.15) is 5.69 Å². The molecule has 18 heavy (non-hydrogen) atoms. The Morgan fingerprint density at radius 3 is 3.00 bits per heavy atom. The Kier molecular flexibility index (Phi) is 4.09. The van der Waals surface area contributed by atoms with E-state index in [1.54, 1.807) is 0 Å². The maximum absolute atomic E-state index is 11.8. The summed E-state index contributed by atoms with van der Waals surface area (Å²) in [5.41, 5.74) is 5.81. The number of carbonyl (C=O) groups is 1. The fourth-order valence-electron chi connectivity index (χ4n) is 2.32. The predicted molar refractivity (Wildman–Crippen MR) is 67.1 cm³/mol. The molecule has 1 aromatic heterocycles. The Morgan fingerprint density at radius 1 is 1.50 bits per heavy atom. The van der Waals surface area contributed by atoms with E-state index in [0.29, 0.717) is 12.5 Å². The fraction of sp³-hybridized carbons (Fsp3) is 0.583. The van der Waals surface area contributed by atoms with Crippen molar-refractivity contribution >= 4 is 5.91 Å². The SMILES string of the molecule is NC1CCCC(CNC(=O)c2ccc(=O)[nH]n2)C1. The molecule has 2 rings (SSSR count). The van der Waals surface area contributed by atoms with Gasteiger partial charge in [-0.3, -0.25) is 9.59 Å². The van der Waals surface area contributed by atoms with Crippen LogP contribution in [0.3, 0.4) is 0 Å². The second-order valence-corrected chi connectivity index (χ2v) is 4.81. The molecule has 1 aliphatic rings. The maximum atomic E-state index is 11.8. The molecule has 0 aliphatic heterocycles.